The van der Waals surface area contributed by atoms with E-state index >= 15 is 0 Å². The number of rotatable bonds is 6. The first-order chi connectivity index (χ1) is 17.0. The van der Waals surface area contributed by atoms with E-state index in [4.69, 9.17) is 0 Å². The lowest BCUT2D eigenvalue weighted by atomic mass is 10.1. The van der Waals surface area contributed by atoms with Gasteiger partial charge in [-0.05, 0) is 50.8 Å². The average molecular weight is 570 g/mol. The Morgan fingerprint density at radius 2 is 1.06 bits per heavy atom. The van der Waals surface area contributed by atoms with Gasteiger partial charge in [-0.15, -0.1) is 0 Å². The van der Waals surface area contributed by atoms with Gasteiger partial charge < -0.3 is 23.8 Å². The minimum absolute atomic E-state index is 0.0217. The van der Waals surface area contributed by atoms with Crippen LogP contribution in [0, 0.1) is 0 Å². The van der Waals surface area contributed by atoms with E-state index in [1.165, 1.54) is 34.6 Å². The van der Waals surface area contributed by atoms with Crippen molar-refractivity contribution in [3.63, 3.8) is 0 Å². The largest absolute Gasteiger partial charge is 0.465 e. The fourth-order valence-electron chi connectivity index (χ4n) is 2.33. The van der Waals surface area contributed by atoms with E-state index in [-0.39, 0.29) is 22.5 Å². The fourth-order valence-corrected chi connectivity index (χ4v) is 2.64. The molecule has 0 unspecified atom stereocenters. The predicted octanol–water partition coefficient (Wildman–Crippen LogP) is 2.94. The molecule has 0 saturated carbocycles. The van der Waals surface area contributed by atoms with Crippen LogP contribution in [0.4, 0.5) is 0 Å². The van der Waals surface area contributed by atoms with Crippen molar-refractivity contribution in [3.05, 3.63) is 58.2 Å². The Morgan fingerprint density at radius 1 is 0.722 bits per heavy atom. The van der Waals surface area contributed by atoms with Crippen molar-refractivity contribution in [1.82, 2.24) is 14.9 Å². The highest BCUT2D eigenvalue weighted by Gasteiger charge is 2.21. The fraction of sp³-hybridized carbons (Fsp3) is 0.417. The number of hydrogen-bond acceptors (Lipinski definition) is 11. The van der Waals surface area contributed by atoms with E-state index < -0.39 is 23.9 Å². The number of carbonyl (C=O) groups is 4. The minimum Gasteiger partial charge on any atom is -0.465 e. The Balaban J connectivity index is 0.000000593. The first-order valence-corrected chi connectivity index (χ1v) is 11.6. The summed E-state index contributed by atoms with van der Waals surface area (Å²) in [6.45, 7) is 1.93. The molecule has 0 bridgehead atoms. The van der Waals surface area contributed by atoms with Gasteiger partial charge >= 0.3 is 23.9 Å². The van der Waals surface area contributed by atoms with Crippen LogP contribution in [0.5, 0.6) is 0 Å². The summed E-state index contributed by atoms with van der Waals surface area (Å²) in [6, 6.07) is 3.13. The van der Waals surface area contributed by atoms with Crippen LogP contribution in [0.1, 0.15) is 59.7 Å². The second kappa shape index (κ2) is 17.1. The summed E-state index contributed by atoms with van der Waals surface area (Å²) < 4.78 is 18.2. The molecule has 2 rings (SSSR count). The van der Waals surface area contributed by atoms with Crippen LogP contribution < -0.4 is 0 Å². The number of alkyl halides is 1. The van der Waals surface area contributed by atoms with Crippen molar-refractivity contribution in [2.45, 2.75) is 18.7 Å². The van der Waals surface area contributed by atoms with Crippen molar-refractivity contribution in [2.75, 3.05) is 49.6 Å². The number of aromatic nitrogens is 2. The lowest BCUT2D eigenvalue weighted by molar-refractivity contribution is 0.0549. The molecule has 0 aliphatic heterocycles. The van der Waals surface area contributed by atoms with Crippen LogP contribution in [0.3, 0.4) is 0 Å². The zero-order valence-corrected chi connectivity index (χ0v) is 23.3. The lowest BCUT2D eigenvalue weighted by Gasteiger charge is -2.06. The molecule has 2 aromatic rings. The van der Waals surface area contributed by atoms with Crippen LogP contribution >= 0.6 is 15.9 Å². The standard InChI is InChI=1S/C11H13NO4.C10H10BrNO4.C3H9N/c1-4-7-5-8(10(13)15-2)9(12-6-7)11(14)16-3;1-15-9(13)7-3-6(4-11)5-12-8(7)10(14)16-2;1-4(2)3/h5-6H,4H2,1-3H3;3,5H,4H2,1-2H3;1-3H3. The van der Waals surface area contributed by atoms with Gasteiger partial charge in [0.1, 0.15) is 0 Å². The summed E-state index contributed by atoms with van der Waals surface area (Å²) in [5, 5.41) is 0.533. The maximum atomic E-state index is 11.5. The Labute approximate surface area is 219 Å². The van der Waals surface area contributed by atoms with Crippen LogP contribution in [-0.4, -0.2) is 88.3 Å². The van der Waals surface area contributed by atoms with Gasteiger partial charge in [-0.2, -0.15) is 0 Å². The van der Waals surface area contributed by atoms with E-state index in [2.05, 4.69) is 44.8 Å². The van der Waals surface area contributed by atoms with E-state index in [9.17, 15) is 19.2 Å². The molecule has 0 spiro atoms. The van der Waals surface area contributed by atoms with Gasteiger partial charge in [-0.1, -0.05) is 22.9 Å². The first kappa shape index (κ1) is 32.6. The third-order valence-electron chi connectivity index (χ3n) is 4.02. The van der Waals surface area contributed by atoms with Gasteiger partial charge in [-0.3, -0.25) is 0 Å². The molecule has 12 heteroatoms. The number of carbonyl (C=O) groups excluding carboxylic acids is 4. The van der Waals surface area contributed by atoms with Crippen molar-refractivity contribution >= 4 is 39.8 Å². The number of ether oxygens (including phenoxy) is 4. The third-order valence-corrected chi connectivity index (χ3v) is 4.67. The molecule has 0 amide bonds. The minimum atomic E-state index is -0.665. The Kier molecular flexibility index (Phi) is 15.5. The van der Waals surface area contributed by atoms with Crippen molar-refractivity contribution in [2.24, 2.45) is 0 Å². The third kappa shape index (κ3) is 10.5. The highest BCUT2D eigenvalue weighted by Crippen LogP contribution is 2.14. The van der Waals surface area contributed by atoms with Gasteiger partial charge in [0.05, 0.1) is 39.6 Å². The number of aryl methyl sites for hydroxylation is 1. The van der Waals surface area contributed by atoms with Crippen molar-refractivity contribution < 1.29 is 38.1 Å². The molecule has 2 heterocycles. The normalized spacial score (nSPS) is 9.61. The smallest absolute Gasteiger partial charge is 0.357 e. The SMILES string of the molecule is CCc1cnc(C(=O)OC)c(C(=O)OC)c1.CN(C)C.COC(=O)c1cc(CBr)cnc1C(=O)OC. The molecule has 0 fully saturated rings. The monoisotopic (exact) mass is 569 g/mol. The molecule has 11 nitrogen and oxygen atoms in total. The molecule has 0 aliphatic rings. The van der Waals surface area contributed by atoms with Gasteiger partial charge in [-0.25, -0.2) is 29.1 Å². The first-order valence-electron chi connectivity index (χ1n) is 10.5. The van der Waals surface area contributed by atoms with Gasteiger partial charge in [0.25, 0.3) is 0 Å². The number of esters is 4. The van der Waals surface area contributed by atoms with E-state index in [0.717, 1.165) is 17.5 Å². The summed E-state index contributed by atoms with van der Waals surface area (Å²) >= 11 is 3.23. The molecule has 198 valence electrons. The second-order valence-corrected chi connectivity index (χ2v) is 7.84. The second-order valence-electron chi connectivity index (χ2n) is 7.27. The summed E-state index contributed by atoms with van der Waals surface area (Å²) in [5.41, 5.74) is 1.80. The number of halogens is 1. The topological polar surface area (TPSA) is 134 Å². The molecule has 36 heavy (non-hydrogen) atoms. The maximum absolute atomic E-state index is 11.5. The summed E-state index contributed by atoms with van der Waals surface area (Å²) in [4.78, 5) is 55.4. The van der Waals surface area contributed by atoms with Crippen LogP contribution in [0.2, 0.25) is 0 Å². The Bertz CT molecular complexity index is 962. The number of hydrogen-bond donors (Lipinski definition) is 0. The molecule has 0 N–H and O–H groups in total. The molecule has 2 aromatic heterocycles. The average Bonchev–Trinajstić information content (AvgIpc) is 2.90. The number of methoxy groups -OCH3 is 4. The zero-order chi connectivity index (χ0) is 27.8. The van der Waals surface area contributed by atoms with Crippen LogP contribution in [0.15, 0.2) is 24.5 Å². The maximum Gasteiger partial charge on any atom is 0.357 e. The molecule has 0 radical (unpaired) electrons. The number of pyridine rings is 2. The van der Waals surface area contributed by atoms with Crippen LogP contribution in [0.25, 0.3) is 0 Å². The molecule has 0 atom stereocenters. The highest BCUT2D eigenvalue weighted by atomic mass is 79.9. The summed E-state index contributed by atoms with van der Waals surface area (Å²) in [5.74, 6) is -2.52. The van der Waals surface area contributed by atoms with Crippen LogP contribution in [-0.2, 0) is 30.7 Å². The quantitative estimate of drug-likeness (QED) is 0.288. The van der Waals surface area contributed by atoms with Gasteiger partial charge in [0.2, 0.25) is 0 Å². The van der Waals surface area contributed by atoms with Gasteiger partial charge in [0.15, 0.2) is 11.4 Å². The van der Waals surface area contributed by atoms with E-state index in [0.29, 0.717) is 5.33 Å². The Hall–Kier alpha value is -3.38. The lowest BCUT2D eigenvalue weighted by Crippen LogP contribution is -2.14. The summed E-state index contributed by atoms with van der Waals surface area (Å²) in [7, 11) is 11.0. The molecular formula is C24H32BrN3O8. The Morgan fingerprint density at radius 3 is 1.36 bits per heavy atom. The molecule has 0 saturated heterocycles. The van der Waals surface area contributed by atoms with Gasteiger partial charge in [0, 0.05) is 17.7 Å². The molecular weight excluding hydrogens is 538 g/mol. The van der Waals surface area contributed by atoms with Crippen molar-refractivity contribution in [1.29, 1.82) is 0 Å². The van der Waals surface area contributed by atoms with E-state index in [1.54, 1.807) is 18.3 Å². The van der Waals surface area contributed by atoms with E-state index in [1.807, 2.05) is 33.0 Å². The number of nitrogens with zero attached hydrogens (tertiary/aromatic N) is 3. The predicted molar refractivity (Wildman–Crippen MR) is 135 cm³/mol. The van der Waals surface area contributed by atoms with Crippen molar-refractivity contribution in [3.8, 4) is 0 Å². The molecule has 0 aliphatic carbocycles. The molecule has 0 aromatic carbocycles. The highest BCUT2D eigenvalue weighted by molar-refractivity contribution is 9.08. The zero-order valence-electron chi connectivity index (χ0n) is 21.7. The summed E-state index contributed by atoms with van der Waals surface area (Å²) in [6.07, 6.45) is 3.75.